The van der Waals surface area contributed by atoms with Gasteiger partial charge in [-0.1, -0.05) is 18.5 Å². The van der Waals surface area contributed by atoms with Gasteiger partial charge in [0.05, 0.1) is 10.7 Å². The number of nitrogens with two attached hydrogens (primary N) is 2. The molecule has 0 spiro atoms. The molecule has 0 aliphatic carbocycles. The van der Waals surface area contributed by atoms with Crippen LogP contribution in [0, 0.1) is 0 Å². The minimum Gasteiger partial charge on any atom is -0.508 e. The van der Waals surface area contributed by atoms with Crippen LogP contribution in [0.2, 0.25) is 5.02 Å². The van der Waals surface area contributed by atoms with Crippen LogP contribution in [0.25, 0.3) is 0 Å². The van der Waals surface area contributed by atoms with Crippen LogP contribution in [0.4, 0.5) is 5.69 Å². The number of anilines is 1. The molecular weight excluding hydrogens is 188 g/mol. The highest BCUT2D eigenvalue weighted by Crippen LogP contribution is 2.31. The number of aromatic hydroxyl groups is 1. The largest absolute Gasteiger partial charge is 0.508 e. The molecule has 1 atom stereocenters. The van der Waals surface area contributed by atoms with Gasteiger partial charge in [-0.2, -0.15) is 0 Å². The summed E-state index contributed by atoms with van der Waals surface area (Å²) >= 11 is 5.71. The van der Waals surface area contributed by atoms with Crippen molar-refractivity contribution in [3.8, 4) is 5.75 Å². The normalized spacial score (nSPS) is 12.8. The fraction of sp³-hybridized carbons (Fsp3) is 0.333. The molecule has 1 aromatic carbocycles. The van der Waals surface area contributed by atoms with E-state index < -0.39 is 0 Å². The second kappa shape index (κ2) is 3.85. The molecule has 0 radical (unpaired) electrons. The lowest BCUT2D eigenvalue weighted by Crippen LogP contribution is -2.09. The molecule has 0 saturated heterocycles. The van der Waals surface area contributed by atoms with Crippen molar-refractivity contribution < 1.29 is 5.11 Å². The van der Waals surface area contributed by atoms with Gasteiger partial charge in [-0.25, -0.2) is 0 Å². The van der Waals surface area contributed by atoms with Gasteiger partial charge in [0.2, 0.25) is 0 Å². The van der Waals surface area contributed by atoms with Gasteiger partial charge in [0.1, 0.15) is 5.75 Å². The summed E-state index contributed by atoms with van der Waals surface area (Å²) in [6, 6.07) is 2.84. The van der Waals surface area contributed by atoms with Crippen molar-refractivity contribution in [1.29, 1.82) is 0 Å². The van der Waals surface area contributed by atoms with Gasteiger partial charge in [-0.15, -0.1) is 0 Å². The summed E-state index contributed by atoms with van der Waals surface area (Å²) in [4.78, 5) is 0. The molecule has 72 valence electrons. The van der Waals surface area contributed by atoms with Gasteiger partial charge in [-0.3, -0.25) is 0 Å². The Labute approximate surface area is 82.3 Å². The molecule has 0 amide bonds. The summed E-state index contributed by atoms with van der Waals surface area (Å²) in [5.74, 6) is 0.105. The minimum atomic E-state index is -0.195. The molecule has 0 aliphatic heterocycles. The van der Waals surface area contributed by atoms with Crippen LogP contribution < -0.4 is 11.5 Å². The fourth-order valence-electron chi connectivity index (χ4n) is 1.11. The molecule has 3 nitrogen and oxygen atoms in total. The Morgan fingerprint density at radius 2 is 2.15 bits per heavy atom. The van der Waals surface area contributed by atoms with E-state index in [1.807, 2.05) is 6.92 Å². The Balaban J connectivity index is 3.15. The van der Waals surface area contributed by atoms with E-state index in [2.05, 4.69) is 0 Å². The quantitative estimate of drug-likeness (QED) is 0.505. The van der Waals surface area contributed by atoms with Gasteiger partial charge in [-0.05, 0) is 12.5 Å². The Morgan fingerprint density at radius 3 is 2.69 bits per heavy atom. The third-order valence-corrected chi connectivity index (χ3v) is 2.31. The Kier molecular flexibility index (Phi) is 3.01. The molecule has 1 rings (SSSR count). The summed E-state index contributed by atoms with van der Waals surface area (Å²) in [6.45, 7) is 1.94. The molecule has 0 fully saturated rings. The maximum Gasteiger partial charge on any atom is 0.121 e. The Bertz CT molecular complexity index is 315. The zero-order valence-electron chi connectivity index (χ0n) is 7.42. The number of benzene rings is 1. The van der Waals surface area contributed by atoms with Gasteiger partial charge in [0.25, 0.3) is 0 Å². The van der Waals surface area contributed by atoms with Crippen molar-refractivity contribution >= 4 is 17.3 Å². The maximum absolute atomic E-state index is 9.50. The highest BCUT2D eigenvalue weighted by atomic mass is 35.5. The lowest BCUT2D eigenvalue weighted by atomic mass is 10.0. The molecule has 0 saturated carbocycles. The number of rotatable bonds is 2. The average molecular weight is 201 g/mol. The highest BCUT2D eigenvalue weighted by Gasteiger charge is 2.11. The van der Waals surface area contributed by atoms with Crippen molar-refractivity contribution in [2.24, 2.45) is 5.73 Å². The van der Waals surface area contributed by atoms with E-state index in [0.717, 1.165) is 6.42 Å². The lowest BCUT2D eigenvalue weighted by molar-refractivity contribution is 0.460. The first-order valence-corrected chi connectivity index (χ1v) is 4.47. The van der Waals surface area contributed by atoms with Crippen molar-refractivity contribution in [2.45, 2.75) is 19.4 Å². The molecule has 0 heterocycles. The second-order valence-electron chi connectivity index (χ2n) is 2.95. The van der Waals surface area contributed by atoms with Crippen molar-refractivity contribution in [2.75, 3.05) is 5.73 Å². The number of halogens is 1. The number of hydrogen-bond donors (Lipinski definition) is 3. The number of nitrogen functional groups attached to an aromatic ring is 1. The molecule has 1 aromatic rings. The van der Waals surface area contributed by atoms with Crippen LogP contribution >= 0.6 is 11.6 Å². The van der Waals surface area contributed by atoms with E-state index in [1.54, 1.807) is 6.07 Å². The van der Waals surface area contributed by atoms with Crippen molar-refractivity contribution in [3.05, 3.63) is 22.7 Å². The molecule has 5 N–H and O–H groups in total. The standard InChI is InChI=1S/C9H13ClN2O/c1-2-7(11)5-3-8(12)6(10)4-9(5)13/h3-4,7,13H,2,11-12H2,1H3/t7-/m1/s1. The van der Waals surface area contributed by atoms with Crippen LogP contribution in [-0.2, 0) is 0 Å². The van der Waals surface area contributed by atoms with E-state index in [4.69, 9.17) is 23.1 Å². The summed E-state index contributed by atoms with van der Waals surface area (Å²) in [6.07, 6.45) is 0.745. The molecule has 0 aromatic heterocycles. The van der Waals surface area contributed by atoms with E-state index in [-0.39, 0.29) is 11.8 Å². The first kappa shape index (κ1) is 10.2. The van der Waals surface area contributed by atoms with Crippen LogP contribution in [-0.4, -0.2) is 5.11 Å². The minimum absolute atomic E-state index is 0.105. The van der Waals surface area contributed by atoms with Crippen molar-refractivity contribution in [1.82, 2.24) is 0 Å². The molecule has 0 bridgehead atoms. The first-order valence-electron chi connectivity index (χ1n) is 4.09. The van der Waals surface area contributed by atoms with E-state index in [1.165, 1.54) is 6.07 Å². The predicted molar refractivity (Wildman–Crippen MR) is 54.7 cm³/mol. The predicted octanol–water partition coefficient (Wildman–Crippen LogP) is 2.04. The third kappa shape index (κ3) is 2.05. The molecule has 0 aliphatic rings. The number of hydrogen-bond acceptors (Lipinski definition) is 3. The third-order valence-electron chi connectivity index (χ3n) is 1.99. The van der Waals surface area contributed by atoms with Gasteiger partial charge in [0.15, 0.2) is 0 Å². The smallest absolute Gasteiger partial charge is 0.121 e. The topological polar surface area (TPSA) is 72.3 Å². The number of phenolic OH excluding ortho intramolecular Hbond substituents is 1. The summed E-state index contributed by atoms with van der Waals surface area (Å²) in [7, 11) is 0. The lowest BCUT2D eigenvalue weighted by Gasteiger charge is -2.12. The van der Waals surface area contributed by atoms with Gasteiger partial charge in [0, 0.05) is 17.7 Å². The molecule has 4 heteroatoms. The summed E-state index contributed by atoms with van der Waals surface area (Å²) in [5.41, 5.74) is 12.4. The zero-order valence-corrected chi connectivity index (χ0v) is 8.17. The highest BCUT2D eigenvalue weighted by molar-refractivity contribution is 6.33. The number of phenols is 1. The average Bonchev–Trinajstić information content (AvgIpc) is 2.10. The molecular formula is C9H13ClN2O. The second-order valence-corrected chi connectivity index (χ2v) is 3.35. The first-order chi connectivity index (χ1) is 6.06. The zero-order chi connectivity index (χ0) is 10.0. The van der Waals surface area contributed by atoms with E-state index in [0.29, 0.717) is 16.3 Å². The van der Waals surface area contributed by atoms with Crippen molar-refractivity contribution in [3.63, 3.8) is 0 Å². The monoisotopic (exact) mass is 200 g/mol. The Hall–Kier alpha value is -0.930. The molecule has 13 heavy (non-hydrogen) atoms. The van der Waals surface area contributed by atoms with E-state index >= 15 is 0 Å². The van der Waals surface area contributed by atoms with Crippen LogP contribution in [0.3, 0.4) is 0 Å². The van der Waals surface area contributed by atoms with Crippen LogP contribution in [0.15, 0.2) is 12.1 Å². The van der Waals surface area contributed by atoms with Gasteiger partial charge < -0.3 is 16.6 Å². The summed E-state index contributed by atoms with van der Waals surface area (Å²) in [5, 5.41) is 9.85. The maximum atomic E-state index is 9.50. The summed E-state index contributed by atoms with van der Waals surface area (Å²) < 4.78 is 0. The SMILES string of the molecule is CC[C@@H](N)c1cc(N)c(Cl)cc1O. The van der Waals surface area contributed by atoms with Crippen LogP contribution in [0.1, 0.15) is 24.9 Å². The van der Waals surface area contributed by atoms with Gasteiger partial charge >= 0.3 is 0 Å². The van der Waals surface area contributed by atoms with Crippen LogP contribution in [0.5, 0.6) is 5.75 Å². The Morgan fingerprint density at radius 1 is 1.54 bits per heavy atom. The van der Waals surface area contributed by atoms with E-state index in [9.17, 15) is 5.11 Å². The fourth-order valence-corrected chi connectivity index (χ4v) is 1.27. The molecule has 0 unspecified atom stereocenters.